The molecule has 0 spiro atoms. The van der Waals surface area contributed by atoms with Crippen molar-refractivity contribution in [2.24, 2.45) is 17.8 Å². The Kier molecular flexibility index (Phi) is 16.0. The minimum Gasteiger partial charge on any atom is -0.453 e. The van der Waals surface area contributed by atoms with Crippen molar-refractivity contribution in [1.29, 1.82) is 0 Å². The fourth-order valence-corrected chi connectivity index (χ4v) is 5.40. The zero-order valence-corrected chi connectivity index (χ0v) is 27.1. The molecule has 1 aliphatic carbocycles. The molecule has 12 heteroatoms. The molecule has 12 nitrogen and oxygen atoms in total. The molecule has 0 bridgehead atoms. The summed E-state index contributed by atoms with van der Waals surface area (Å²) < 4.78 is 9.70. The fraction of sp³-hybridized carbons (Fsp3) is 0.688. The van der Waals surface area contributed by atoms with Gasteiger partial charge in [-0.15, -0.1) is 0 Å². The molecule has 0 heterocycles. The number of hydrogen-bond acceptors (Lipinski definition) is 8. The van der Waals surface area contributed by atoms with Gasteiger partial charge in [0.1, 0.15) is 12.1 Å². The van der Waals surface area contributed by atoms with Crippen molar-refractivity contribution in [2.75, 3.05) is 26.8 Å². The van der Waals surface area contributed by atoms with Crippen molar-refractivity contribution >= 4 is 24.0 Å². The molecule has 1 saturated carbocycles. The van der Waals surface area contributed by atoms with E-state index in [4.69, 9.17) is 9.47 Å². The van der Waals surface area contributed by atoms with Gasteiger partial charge in [-0.1, -0.05) is 77.3 Å². The molecule has 1 fully saturated rings. The predicted molar refractivity (Wildman–Crippen MR) is 167 cm³/mol. The molecule has 1 aliphatic rings. The predicted octanol–water partition coefficient (Wildman–Crippen LogP) is 3.14. The third kappa shape index (κ3) is 12.7. The molecular formula is C32H53N5O7. The molecule has 0 aliphatic heterocycles. The van der Waals surface area contributed by atoms with E-state index >= 15 is 0 Å². The van der Waals surface area contributed by atoms with Crippen LogP contribution in [0.15, 0.2) is 30.3 Å². The Bertz CT molecular complexity index is 1030. The number of methoxy groups -OCH3 is 1. The number of hydrogen-bond donors (Lipinski definition) is 5. The first kappa shape index (κ1) is 36.8. The lowest BCUT2D eigenvalue weighted by Crippen LogP contribution is -2.60. The van der Waals surface area contributed by atoms with Crippen molar-refractivity contribution in [3.8, 4) is 0 Å². The molecule has 1 aromatic carbocycles. The normalized spacial score (nSPS) is 16.5. The van der Waals surface area contributed by atoms with Gasteiger partial charge in [0, 0.05) is 13.1 Å². The van der Waals surface area contributed by atoms with Crippen LogP contribution in [-0.2, 0) is 25.5 Å². The summed E-state index contributed by atoms with van der Waals surface area (Å²) in [5.41, 5.74) is 3.84. The van der Waals surface area contributed by atoms with Crippen LogP contribution in [0.5, 0.6) is 0 Å². The lowest BCUT2D eigenvalue weighted by Gasteiger charge is -2.35. The van der Waals surface area contributed by atoms with E-state index in [-0.39, 0.29) is 25.0 Å². The maximum atomic E-state index is 13.5. The highest BCUT2D eigenvalue weighted by atomic mass is 16.5. The van der Waals surface area contributed by atoms with Crippen molar-refractivity contribution in [1.82, 2.24) is 26.4 Å². The molecule has 248 valence electrons. The standard InChI is InChI=1S/C32H53N5O7/c1-7-44-32(42)35-27(21(2)3)29(39)33-25(18-23-14-10-8-11-15-23)26(38)20-37(19-24-16-12-9-13-17-24)36-30(40)28(22(4)5)34-31(41)43-6/h8,10-11,14-15,21-22,24-28,38H,7,9,12-13,16-20H2,1-6H3,(H,33,39)(H,34,41)(H,35,42)(H,36,40)/t25-,26-,27-,28-/m0/s1. The highest BCUT2D eigenvalue weighted by Gasteiger charge is 2.32. The molecule has 1 aromatic rings. The lowest BCUT2D eigenvalue weighted by molar-refractivity contribution is -0.131. The van der Waals surface area contributed by atoms with Gasteiger partial charge in [-0.25, -0.2) is 14.6 Å². The Morgan fingerprint density at radius 1 is 0.886 bits per heavy atom. The van der Waals surface area contributed by atoms with Crippen LogP contribution >= 0.6 is 0 Å². The number of amides is 4. The van der Waals surface area contributed by atoms with Gasteiger partial charge in [-0.2, -0.15) is 0 Å². The van der Waals surface area contributed by atoms with Gasteiger partial charge in [0.15, 0.2) is 0 Å². The van der Waals surface area contributed by atoms with E-state index in [1.807, 2.05) is 58.0 Å². The molecular weight excluding hydrogens is 566 g/mol. The van der Waals surface area contributed by atoms with Crippen LogP contribution < -0.4 is 21.4 Å². The van der Waals surface area contributed by atoms with Gasteiger partial charge < -0.3 is 30.5 Å². The number of aliphatic hydroxyl groups excluding tert-OH is 1. The highest BCUT2D eigenvalue weighted by molar-refractivity contribution is 5.86. The number of hydrazine groups is 1. The first-order chi connectivity index (χ1) is 20.9. The molecule has 5 N–H and O–H groups in total. The van der Waals surface area contributed by atoms with E-state index in [0.717, 1.165) is 31.2 Å². The number of nitrogens with zero attached hydrogens (tertiary/aromatic N) is 1. The van der Waals surface area contributed by atoms with Crippen LogP contribution in [-0.4, -0.2) is 85.2 Å². The summed E-state index contributed by atoms with van der Waals surface area (Å²) in [4.78, 5) is 51.0. The van der Waals surface area contributed by atoms with Gasteiger partial charge in [-0.05, 0) is 49.5 Å². The topological polar surface area (TPSA) is 158 Å². The minimum atomic E-state index is -1.09. The van der Waals surface area contributed by atoms with Gasteiger partial charge in [0.2, 0.25) is 5.91 Å². The Hall–Kier alpha value is -3.38. The van der Waals surface area contributed by atoms with Crippen molar-refractivity contribution in [2.45, 2.75) is 97.4 Å². The van der Waals surface area contributed by atoms with Crippen molar-refractivity contribution < 1.29 is 33.8 Å². The van der Waals surface area contributed by atoms with Crippen LogP contribution in [0, 0.1) is 17.8 Å². The summed E-state index contributed by atoms with van der Waals surface area (Å²) in [6.07, 6.45) is 3.22. The van der Waals surface area contributed by atoms with Gasteiger partial charge in [0.25, 0.3) is 5.91 Å². The Labute approximate surface area is 262 Å². The van der Waals surface area contributed by atoms with Crippen LogP contribution in [0.3, 0.4) is 0 Å². The van der Waals surface area contributed by atoms with Crippen LogP contribution in [0.1, 0.15) is 72.3 Å². The van der Waals surface area contributed by atoms with E-state index in [0.29, 0.717) is 18.9 Å². The number of rotatable bonds is 16. The molecule has 2 rings (SSSR count). The van der Waals surface area contributed by atoms with E-state index < -0.39 is 48.2 Å². The second-order valence-electron chi connectivity index (χ2n) is 12.2. The first-order valence-electron chi connectivity index (χ1n) is 15.8. The zero-order chi connectivity index (χ0) is 32.6. The Morgan fingerprint density at radius 3 is 2.05 bits per heavy atom. The number of benzene rings is 1. The number of carbonyl (C=O) groups excluding carboxylic acids is 4. The summed E-state index contributed by atoms with van der Waals surface area (Å²) in [6, 6.07) is 7.01. The maximum Gasteiger partial charge on any atom is 0.407 e. The molecule has 0 radical (unpaired) electrons. The molecule has 4 amide bonds. The summed E-state index contributed by atoms with van der Waals surface area (Å²) in [5.74, 6) is -1.01. The fourth-order valence-electron chi connectivity index (χ4n) is 5.40. The van der Waals surface area contributed by atoms with E-state index in [1.165, 1.54) is 13.5 Å². The number of ether oxygens (including phenoxy) is 2. The molecule has 0 saturated heterocycles. The monoisotopic (exact) mass is 619 g/mol. The first-order valence-corrected chi connectivity index (χ1v) is 15.8. The third-order valence-corrected chi connectivity index (χ3v) is 7.88. The second-order valence-corrected chi connectivity index (χ2v) is 12.2. The van der Waals surface area contributed by atoms with E-state index in [9.17, 15) is 24.3 Å². The molecule has 4 atom stereocenters. The quantitative estimate of drug-likeness (QED) is 0.177. The zero-order valence-electron chi connectivity index (χ0n) is 27.1. The van der Waals surface area contributed by atoms with Gasteiger partial charge in [-0.3, -0.25) is 15.0 Å². The molecule has 0 aromatic heterocycles. The Morgan fingerprint density at radius 2 is 1.48 bits per heavy atom. The minimum absolute atomic E-state index is 0.0285. The largest absolute Gasteiger partial charge is 0.453 e. The van der Waals surface area contributed by atoms with Gasteiger partial charge >= 0.3 is 12.2 Å². The van der Waals surface area contributed by atoms with Crippen molar-refractivity contribution in [3.63, 3.8) is 0 Å². The second kappa shape index (κ2) is 19.1. The van der Waals surface area contributed by atoms with E-state index in [1.54, 1.807) is 11.9 Å². The third-order valence-electron chi connectivity index (χ3n) is 7.88. The summed E-state index contributed by atoms with van der Waals surface area (Å²) in [7, 11) is 1.24. The number of nitrogens with one attached hydrogen (secondary N) is 4. The maximum absolute atomic E-state index is 13.5. The van der Waals surface area contributed by atoms with Gasteiger partial charge in [0.05, 0.1) is 25.9 Å². The lowest BCUT2D eigenvalue weighted by atomic mass is 9.89. The highest BCUT2D eigenvalue weighted by Crippen LogP contribution is 2.24. The SMILES string of the molecule is CCOC(=O)N[C@H](C(=O)N[C@@H](Cc1ccccc1)[C@@H](O)CN(CC1CCCCC1)NC(=O)[C@@H](NC(=O)OC)C(C)C)C(C)C. The smallest absolute Gasteiger partial charge is 0.407 e. The number of carbonyl (C=O) groups is 4. The molecule has 0 unspecified atom stereocenters. The summed E-state index contributed by atoms with van der Waals surface area (Å²) in [6.45, 7) is 9.66. The summed E-state index contributed by atoms with van der Waals surface area (Å²) >= 11 is 0. The summed E-state index contributed by atoms with van der Waals surface area (Å²) in [5, 5.41) is 21.5. The van der Waals surface area contributed by atoms with Crippen LogP contribution in [0.4, 0.5) is 9.59 Å². The van der Waals surface area contributed by atoms with Crippen molar-refractivity contribution in [3.05, 3.63) is 35.9 Å². The number of aliphatic hydroxyl groups is 1. The van der Waals surface area contributed by atoms with Crippen LogP contribution in [0.2, 0.25) is 0 Å². The molecule has 44 heavy (non-hydrogen) atoms. The van der Waals surface area contributed by atoms with Crippen LogP contribution in [0.25, 0.3) is 0 Å². The number of alkyl carbamates (subject to hydrolysis) is 2. The Balaban J connectivity index is 2.30. The van der Waals surface area contributed by atoms with E-state index in [2.05, 4.69) is 21.4 Å². The average Bonchev–Trinajstić information content (AvgIpc) is 2.98. The average molecular weight is 620 g/mol.